The first-order valence-corrected chi connectivity index (χ1v) is 8.62. The Morgan fingerprint density at radius 1 is 1.25 bits per heavy atom. The third kappa shape index (κ3) is 3.75. The van der Waals surface area contributed by atoms with Gasteiger partial charge in [-0.1, -0.05) is 44.1 Å². The molecule has 0 bridgehead atoms. The van der Waals surface area contributed by atoms with Gasteiger partial charge in [-0.3, -0.25) is 4.79 Å². The van der Waals surface area contributed by atoms with Crippen molar-refractivity contribution in [3.63, 3.8) is 0 Å². The summed E-state index contributed by atoms with van der Waals surface area (Å²) in [6.45, 7) is 5.68. The molecule has 4 nitrogen and oxygen atoms in total. The zero-order valence-electron chi connectivity index (χ0n) is 14.2. The van der Waals surface area contributed by atoms with E-state index in [0.29, 0.717) is 23.0 Å². The highest BCUT2D eigenvalue weighted by Gasteiger charge is 2.15. The van der Waals surface area contributed by atoms with E-state index in [9.17, 15) is 4.79 Å². The van der Waals surface area contributed by atoms with E-state index in [4.69, 9.17) is 4.74 Å². The number of hydrogen-bond donors (Lipinski definition) is 1. The highest BCUT2D eigenvalue weighted by molar-refractivity contribution is 5.47. The molecule has 1 fully saturated rings. The molecule has 1 heterocycles. The van der Waals surface area contributed by atoms with Crippen molar-refractivity contribution in [2.75, 3.05) is 0 Å². The Morgan fingerprint density at radius 3 is 2.58 bits per heavy atom. The van der Waals surface area contributed by atoms with Crippen LogP contribution < -0.4 is 10.3 Å². The van der Waals surface area contributed by atoms with Crippen LogP contribution in [0, 0.1) is 6.92 Å². The van der Waals surface area contributed by atoms with Crippen molar-refractivity contribution < 1.29 is 4.74 Å². The van der Waals surface area contributed by atoms with Gasteiger partial charge >= 0.3 is 0 Å². The van der Waals surface area contributed by atoms with Crippen molar-refractivity contribution in [2.45, 2.75) is 51.6 Å². The molecule has 0 aliphatic heterocycles. The lowest BCUT2D eigenvalue weighted by Gasteiger charge is -2.22. The summed E-state index contributed by atoms with van der Waals surface area (Å²) in [6.07, 6.45) is 8.15. The quantitative estimate of drug-likeness (QED) is 0.889. The number of aromatic amines is 1. The van der Waals surface area contributed by atoms with Crippen LogP contribution in [0.4, 0.5) is 0 Å². The van der Waals surface area contributed by atoms with Gasteiger partial charge in [0.05, 0.1) is 11.3 Å². The van der Waals surface area contributed by atoms with Crippen LogP contribution in [-0.2, 0) is 6.61 Å². The van der Waals surface area contributed by atoms with Gasteiger partial charge in [0.1, 0.15) is 18.2 Å². The molecule has 1 aliphatic rings. The van der Waals surface area contributed by atoms with E-state index >= 15 is 0 Å². The summed E-state index contributed by atoms with van der Waals surface area (Å²) in [5, 5.41) is 0. The Morgan fingerprint density at radius 2 is 1.96 bits per heavy atom. The molecule has 0 saturated heterocycles. The molecular formula is C20H24N2O2. The van der Waals surface area contributed by atoms with Crippen molar-refractivity contribution in [3.8, 4) is 5.75 Å². The SMILES string of the molecule is C=Cc1c(C)nc(COc2ccc(C3CCCCC3)cc2)[nH]c1=O. The van der Waals surface area contributed by atoms with Crippen LogP contribution in [0.1, 0.15) is 60.7 Å². The highest BCUT2D eigenvalue weighted by atomic mass is 16.5. The molecule has 1 N–H and O–H groups in total. The fraction of sp³-hybridized carbons (Fsp3) is 0.400. The fourth-order valence-electron chi connectivity index (χ4n) is 3.39. The van der Waals surface area contributed by atoms with Crippen molar-refractivity contribution in [1.29, 1.82) is 0 Å². The van der Waals surface area contributed by atoms with E-state index < -0.39 is 0 Å². The normalized spacial score (nSPS) is 15.2. The summed E-state index contributed by atoms with van der Waals surface area (Å²) in [5.41, 5.74) is 2.40. The maximum Gasteiger partial charge on any atom is 0.258 e. The van der Waals surface area contributed by atoms with Crippen LogP contribution in [-0.4, -0.2) is 9.97 Å². The van der Waals surface area contributed by atoms with E-state index in [1.54, 1.807) is 6.92 Å². The number of hydrogen-bond acceptors (Lipinski definition) is 3. The van der Waals surface area contributed by atoms with Crippen LogP contribution in [0.5, 0.6) is 5.75 Å². The van der Waals surface area contributed by atoms with E-state index in [1.807, 2.05) is 12.1 Å². The zero-order chi connectivity index (χ0) is 16.9. The number of nitrogens with one attached hydrogen (secondary N) is 1. The lowest BCUT2D eigenvalue weighted by molar-refractivity contribution is 0.295. The Kier molecular flexibility index (Phi) is 5.14. The lowest BCUT2D eigenvalue weighted by atomic mass is 9.84. The average Bonchev–Trinajstić information content (AvgIpc) is 2.61. The molecule has 3 rings (SSSR count). The summed E-state index contributed by atoms with van der Waals surface area (Å²) in [7, 11) is 0. The minimum atomic E-state index is -0.177. The maximum atomic E-state index is 11.9. The van der Waals surface area contributed by atoms with Crippen molar-refractivity contribution in [2.24, 2.45) is 0 Å². The second-order valence-corrected chi connectivity index (χ2v) is 6.41. The van der Waals surface area contributed by atoms with Gasteiger partial charge in [-0.25, -0.2) is 4.98 Å². The molecule has 1 aromatic carbocycles. The second-order valence-electron chi connectivity index (χ2n) is 6.41. The molecule has 0 radical (unpaired) electrons. The predicted octanol–water partition coefficient (Wildman–Crippen LogP) is 4.35. The predicted molar refractivity (Wildman–Crippen MR) is 96.3 cm³/mol. The van der Waals surface area contributed by atoms with Crippen molar-refractivity contribution >= 4 is 6.08 Å². The smallest absolute Gasteiger partial charge is 0.258 e. The van der Waals surface area contributed by atoms with Gasteiger partial charge < -0.3 is 9.72 Å². The van der Waals surface area contributed by atoms with E-state index in [1.165, 1.54) is 43.7 Å². The highest BCUT2D eigenvalue weighted by Crippen LogP contribution is 2.33. The number of aromatic nitrogens is 2. The zero-order valence-corrected chi connectivity index (χ0v) is 14.2. The summed E-state index contributed by atoms with van der Waals surface area (Å²) in [6, 6.07) is 8.33. The first-order valence-electron chi connectivity index (χ1n) is 8.62. The molecule has 24 heavy (non-hydrogen) atoms. The number of rotatable bonds is 5. The third-order valence-electron chi connectivity index (χ3n) is 4.73. The van der Waals surface area contributed by atoms with Crippen LogP contribution >= 0.6 is 0 Å². The Balaban J connectivity index is 1.64. The molecule has 0 spiro atoms. The first kappa shape index (κ1) is 16.5. The molecule has 126 valence electrons. The van der Waals surface area contributed by atoms with Gasteiger partial charge in [0.15, 0.2) is 0 Å². The molecule has 1 saturated carbocycles. The first-order chi connectivity index (χ1) is 11.7. The number of ether oxygens (including phenoxy) is 1. The van der Waals surface area contributed by atoms with Crippen molar-refractivity contribution in [3.05, 3.63) is 63.8 Å². The Labute approximate surface area is 142 Å². The molecule has 1 aliphatic carbocycles. The van der Waals surface area contributed by atoms with Crippen LogP contribution in [0.3, 0.4) is 0 Å². The van der Waals surface area contributed by atoms with Gasteiger partial charge in [-0.15, -0.1) is 0 Å². The molecule has 0 amide bonds. The van der Waals surface area contributed by atoms with Crippen LogP contribution in [0.2, 0.25) is 0 Å². The van der Waals surface area contributed by atoms with Crippen LogP contribution in [0.25, 0.3) is 6.08 Å². The van der Waals surface area contributed by atoms with E-state index in [-0.39, 0.29) is 12.2 Å². The maximum absolute atomic E-state index is 11.9. The van der Waals surface area contributed by atoms with Gasteiger partial charge in [0.25, 0.3) is 5.56 Å². The standard InChI is InChI=1S/C20H24N2O2/c1-3-18-14(2)21-19(22-20(18)23)13-24-17-11-9-16(10-12-17)15-7-5-4-6-8-15/h3,9-12,15H,1,4-8,13H2,2H3,(H,21,22,23). The molecule has 1 aromatic heterocycles. The average molecular weight is 324 g/mol. The largest absolute Gasteiger partial charge is 0.486 e. The Bertz CT molecular complexity index is 756. The second kappa shape index (κ2) is 7.47. The number of nitrogens with zero attached hydrogens (tertiary/aromatic N) is 1. The van der Waals surface area contributed by atoms with Gasteiger partial charge in [0.2, 0.25) is 0 Å². The summed E-state index contributed by atoms with van der Waals surface area (Å²) in [5.74, 6) is 2.02. The third-order valence-corrected chi connectivity index (χ3v) is 4.73. The molecule has 2 aromatic rings. The van der Waals surface area contributed by atoms with Gasteiger partial charge in [-0.05, 0) is 43.4 Å². The topological polar surface area (TPSA) is 55.0 Å². The van der Waals surface area contributed by atoms with Gasteiger partial charge in [0, 0.05) is 0 Å². The summed E-state index contributed by atoms with van der Waals surface area (Å²) in [4.78, 5) is 19.0. The Hall–Kier alpha value is -2.36. The molecular weight excluding hydrogens is 300 g/mol. The molecule has 4 heteroatoms. The number of benzene rings is 1. The lowest BCUT2D eigenvalue weighted by Crippen LogP contribution is -2.17. The number of H-pyrrole nitrogens is 1. The van der Waals surface area contributed by atoms with E-state index in [2.05, 4.69) is 28.7 Å². The minimum Gasteiger partial charge on any atom is -0.486 e. The molecule has 0 atom stereocenters. The van der Waals surface area contributed by atoms with Crippen LogP contribution in [0.15, 0.2) is 35.6 Å². The summed E-state index contributed by atoms with van der Waals surface area (Å²) < 4.78 is 5.76. The fourth-order valence-corrected chi connectivity index (χ4v) is 3.39. The summed E-state index contributed by atoms with van der Waals surface area (Å²) >= 11 is 0. The van der Waals surface area contributed by atoms with Gasteiger partial charge in [-0.2, -0.15) is 0 Å². The van der Waals surface area contributed by atoms with E-state index in [0.717, 1.165) is 5.75 Å². The monoisotopic (exact) mass is 324 g/mol. The minimum absolute atomic E-state index is 0.177. The number of aryl methyl sites for hydroxylation is 1. The molecule has 0 unspecified atom stereocenters. The van der Waals surface area contributed by atoms with Crippen molar-refractivity contribution in [1.82, 2.24) is 9.97 Å².